The van der Waals surface area contributed by atoms with E-state index in [2.05, 4.69) is 23.1 Å². The summed E-state index contributed by atoms with van der Waals surface area (Å²) in [6.45, 7) is 18.3. The molecule has 0 unspecified atom stereocenters. The zero-order valence-corrected chi connectivity index (χ0v) is 27.1. The van der Waals surface area contributed by atoms with Gasteiger partial charge in [-0.1, -0.05) is 106 Å². The van der Waals surface area contributed by atoms with Crippen LogP contribution in [0, 0.1) is 0 Å². The second kappa shape index (κ2) is 16.5. The fourth-order valence-electron chi connectivity index (χ4n) is 4.39. The van der Waals surface area contributed by atoms with Crippen LogP contribution in [-0.4, -0.2) is 34.0 Å². The lowest BCUT2D eigenvalue weighted by Crippen LogP contribution is -2.49. The molecule has 7 heteroatoms. The maximum atomic E-state index is 12.7. The Balaban J connectivity index is 2.44. The van der Waals surface area contributed by atoms with Crippen molar-refractivity contribution >= 4 is 29.3 Å². The Bertz CT molecular complexity index is 866. The minimum Gasteiger partial charge on any atom is -0.507 e. The van der Waals surface area contributed by atoms with Gasteiger partial charge in [-0.25, -0.2) is 5.43 Å². The number of carbonyl (C=O) groups is 2. The van der Waals surface area contributed by atoms with Gasteiger partial charge in [-0.15, -0.1) is 11.8 Å². The molecule has 0 spiro atoms. The molecule has 0 fully saturated rings. The Kier molecular flexibility index (Phi) is 14.9. The van der Waals surface area contributed by atoms with Crippen LogP contribution >= 0.6 is 11.8 Å². The number of nitrogens with one attached hydrogen (secondary N) is 3. The van der Waals surface area contributed by atoms with Crippen molar-refractivity contribution in [2.24, 2.45) is 0 Å². The van der Waals surface area contributed by atoms with E-state index in [0.717, 1.165) is 23.3 Å². The number of unbranched alkanes of at least 4 members (excludes halogenated alkanes) is 9. The molecule has 224 valence electrons. The monoisotopic (exact) mass is 563 g/mol. The molecule has 0 aliphatic heterocycles. The summed E-state index contributed by atoms with van der Waals surface area (Å²) in [7, 11) is 0. The van der Waals surface area contributed by atoms with Crippen LogP contribution < -0.4 is 16.2 Å². The zero-order valence-electron chi connectivity index (χ0n) is 26.3. The van der Waals surface area contributed by atoms with E-state index in [1.54, 1.807) is 11.8 Å². The molecule has 0 aliphatic rings. The summed E-state index contributed by atoms with van der Waals surface area (Å²) in [6.07, 6.45) is 13.0. The van der Waals surface area contributed by atoms with E-state index >= 15 is 0 Å². The van der Waals surface area contributed by atoms with E-state index in [1.807, 2.05) is 67.5 Å². The Morgan fingerprint density at radius 1 is 0.769 bits per heavy atom. The summed E-state index contributed by atoms with van der Waals surface area (Å²) in [4.78, 5) is 25.4. The highest BCUT2D eigenvalue weighted by Crippen LogP contribution is 2.41. The van der Waals surface area contributed by atoms with Gasteiger partial charge < -0.3 is 10.4 Å². The highest BCUT2D eigenvalue weighted by molar-refractivity contribution is 8.01. The average molecular weight is 564 g/mol. The molecule has 0 radical (unpaired) electrons. The summed E-state index contributed by atoms with van der Waals surface area (Å²) < 4.78 is -0.580. The van der Waals surface area contributed by atoms with Crippen molar-refractivity contribution in [1.82, 2.24) is 10.9 Å². The number of anilines is 1. The summed E-state index contributed by atoms with van der Waals surface area (Å²) in [5.74, 6) is 0.819. The van der Waals surface area contributed by atoms with Crippen LogP contribution in [0.25, 0.3) is 0 Å². The molecule has 4 N–H and O–H groups in total. The lowest BCUT2D eigenvalue weighted by molar-refractivity contribution is -0.124. The number of thioether (sulfide) groups is 1. The van der Waals surface area contributed by atoms with Crippen LogP contribution in [-0.2, 0) is 20.4 Å². The summed E-state index contributed by atoms with van der Waals surface area (Å²) in [6, 6.07) is 3.66. The van der Waals surface area contributed by atoms with Crippen molar-refractivity contribution in [2.45, 2.75) is 142 Å². The summed E-state index contributed by atoms with van der Waals surface area (Å²) in [5, 5.41) is 13.8. The third kappa shape index (κ3) is 13.5. The first-order chi connectivity index (χ1) is 18.1. The molecule has 0 aromatic heterocycles. The minimum atomic E-state index is -0.580. The van der Waals surface area contributed by atoms with Crippen molar-refractivity contribution in [3.05, 3.63) is 23.3 Å². The number of amides is 2. The van der Waals surface area contributed by atoms with Gasteiger partial charge in [-0.05, 0) is 49.0 Å². The van der Waals surface area contributed by atoms with Gasteiger partial charge in [0.05, 0.1) is 11.3 Å². The molecule has 0 saturated heterocycles. The quantitative estimate of drug-likeness (QED) is 0.0876. The number of hydrogen-bond acceptors (Lipinski definition) is 5. The van der Waals surface area contributed by atoms with Gasteiger partial charge in [-0.2, -0.15) is 0 Å². The lowest BCUT2D eigenvalue weighted by atomic mass is 9.79. The predicted molar refractivity (Wildman–Crippen MR) is 169 cm³/mol. The molecule has 0 heterocycles. The van der Waals surface area contributed by atoms with Gasteiger partial charge in [0.15, 0.2) is 0 Å². The normalized spacial score (nSPS) is 12.4. The second-order valence-corrected chi connectivity index (χ2v) is 15.0. The largest absolute Gasteiger partial charge is 0.507 e. The van der Waals surface area contributed by atoms with E-state index in [9.17, 15) is 14.7 Å². The molecular weight excluding hydrogens is 506 g/mol. The smallest absolute Gasteiger partial charge is 0.249 e. The van der Waals surface area contributed by atoms with E-state index in [-0.39, 0.29) is 34.9 Å². The number of hydrazine groups is 1. The first-order valence-corrected chi connectivity index (χ1v) is 15.9. The van der Waals surface area contributed by atoms with Crippen LogP contribution in [0.4, 0.5) is 5.69 Å². The highest BCUT2D eigenvalue weighted by Gasteiger charge is 2.28. The van der Waals surface area contributed by atoms with Crippen LogP contribution in [0.5, 0.6) is 5.75 Å². The maximum Gasteiger partial charge on any atom is 0.249 e. The predicted octanol–water partition coefficient (Wildman–Crippen LogP) is 7.98. The Morgan fingerprint density at radius 2 is 1.23 bits per heavy atom. The number of phenolic OH excluding ortho intramolecular Hbond substituents is 1. The highest BCUT2D eigenvalue weighted by atomic mass is 32.2. The average Bonchev–Trinajstić information content (AvgIpc) is 2.82. The molecule has 0 atom stereocenters. The van der Waals surface area contributed by atoms with Crippen molar-refractivity contribution in [1.29, 1.82) is 0 Å². The molecule has 6 nitrogen and oxygen atoms in total. The molecule has 0 saturated carbocycles. The molecule has 2 amide bonds. The van der Waals surface area contributed by atoms with Gasteiger partial charge in [0, 0.05) is 16.8 Å². The fraction of sp³-hybridized carbons (Fsp3) is 0.750. The van der Waals surface area contributed by atoms with Crippen molar-refractivity contribution < 1.29 is 14.7 Å². The fourth-order valence-corrected chi connectivity index (χ4v) is 5.43. The number of hydrogen-bond donors (Lipinski definition) is 4. The molecule has 1 aromatic rings. The number of carbonyl (C=O) groups excluding carboxylic acids is 2. The third-order valence-electron chi connectivity index (χ3n) is 6.97. The zero-order chi connectivity index (χ0) is 29.7. The molecule has 1 aromatic carbocycles. The third-order valence-corrected chi connectivity index (χ3v) is 8.37. The van der Waals surface area contributed by atoms with E-state index in [4.69, 9.17) is 0 Å². The standard InChI is InChI=1S/C32H57N3O3S/c1-10-11-12-13-14-15-16-17-18-19-20-39-32(8,9)29(38)35-33-23-27(36)34-24-21-25(30(2,3)4)28(37)26(22-24)31(5,6)7/h21-22,33,37H,10-20,23H2,1-9H3,(H,34,36)(H,35,38). The number of benzene rings is 1. The Hall–Kier alpha value is -1.73. The Labute approximate surface area is 243 Å². The van der Waals surface area contributed by atoms with Gasteiger partial charge in [-0.3, -0.25) is 15.0 Å². The van der Waals surface area contributed by atoms with Gasteiger partial charge in [0.25, 0.3) is 0 Å². The topological polar surface area (TPSA) is 90.5 Å². The number of phenols is 1. The van der Waals surface area contributed by atoms with Crippen molar-refractivity contribution in [3.8, 4) is 5.75 Å². The van der Waals surface area contributed by atoms with E-state index in [1.165, 1.54) is 57.8 Å². The van der Waals surface area contributed by atoms with Gasteiger partial charge in [0.1, 0.15) is 5.75 Å². The van der Waals surface area contributed by atoms with E-state index < -0.39 is 4.75 Å². The summed E-state index contributed by atoms with van der Waals surface area (Å²) >= 11 is 1.66. The van der Waals surface area contributed by atoms with Crippen molar-refractivity contribution in [3.63, 3.8) is 0 Å². The van der Waals surface area contributed by atoms with Crippen LogP contribution in [0.15, 0.2) is 12.1 Å². The second-order valence-electron chi connectivity index (χ2n) is 13.3. The van der Waals surface area contributed by atoms with Crippen LogP contribution in [0.1, 0.15) is 138 Å². The Morgan fingerprint density at radius 3 is 1.69 bits per heavy atom. The molecule has 0 bridgehead atoms. The number of rotatable bonds is 17. The first kappa shape index (κ1) is 35.3. The molecular formula is C32H57N3O3S. The summed E-state index contributed by atoms with van der Waals surface area (Å²) in [5.41, 5.74) is 7.12. The van der Waals surface area contributed by atoms with E-state index in [0.29, 0.717) is 5.69 Å². The van der Waals surface area contributed by atoms with Crippen molar-refractivity contribution in [2.75, 3.05) is 17.6 Å². The lowest BCUT2D eigenvalue weighted by Gasteiger charge is -2.28. The SMILES string of the molecule is CCCCCCCCCCCCSC(C)(C)C(=O)NNCC(=O)Nc1cc(C(C)(C)C)c(O)c(C(C)(C)C)c1. The van der Waals surface area contributed by atoms with Crippen LogP contribution in [0.2, 0.25) is 0 Å². The number of aromatic hydroxyl groups is 1. The van der Waals surface area contributed by atoms with Gasteiger partial charge in [0.2, 0.25) is 11.8 Å². The first-order valence-electron chi connectivity index (χ1n) is 14.9. The molecule has 1 rings (SSSR count). The maximum absolute atomic E-state index is 12.7. The molecule has 0 aliphatic carbocycles. The van der Waals surface area contributed by atoms with Gasteiger partial charge >= 0.3 is 0 Å². The molecule has 39 heavy (non-hydrogen) atoms. The minimum absolute atomic E-state index is 0.0541. The van der Waals surface area contributed by atoms with Crippen LogP contribution in [0.3, 0.4) is 0 Å².